The molecule has 8 heteroatoms. The van der Waals surface area contributed by atoms with Crippen molar-refractivity contribution in [2.45, 2.75) is 36.9 Å². The largest absolute Gasteiger partial charge is 0.324 e. The van der Waals surface area contributed by atoms with Crippen molar-refractivity contribution in [1.82, 2.24) is 9.55 Å². The van der Waals surface area contributed by atoms with Crippen molar-refractivity contribution < 1.29 is 4.79 Å². The van der Waals surface area contributed by atoms with Gasteiger partial charge in [-0.3, -0.25) is 14.2 Å². The molecule has 1 N–H and O–H groups in total. The number of rotatable bonds is 5. The number of thioether (sulfide) groups is 1. The number of fused-ring (bicyclic) bond motifs is 1. The zero-order valence-corrected chi connectivity index (χ0v) is 17.9. The number of carbonyl (C=O) groups excluding carboxylic acids is 1. The molecule has 0 aliphatic heterocycles. The molecule has 0 bridgehead atoms. The Balaban J connectivity index is 1.59. The molecule has 1 aliphatic carbocycles. The van der Waals surface area contributed by atoms with Gasteiger partial charge in [-0.15, -0.1) is 0 Å². The molecular formula is C21H19Cl2N3O2S. The Morgan fingerprint density at radius 1 is 1.17 bits per heavy atom. The first-order valence-corrected chi connectivity index (χ1v) is 11.2. The maximum Gasteiger partial charge on any atom is 0.262 e. The van der Waals surface area contributed by atoms with E-state index in [1.165, 1.54) is 11.8 Å². The van der Waals surface area contributed by atoms with Gasteiger partial charge < -0.3 is 5.32 Å². The van der Waals surface area contributed by atoms with Crippen molar-refractivity contribution in [2.24, 2.45) is 0 Å². The number of hydrogen-bond donors (Lipinski definition) is 1. The van der Waals surface area contributed by atoms with E-state index in [4.69, 9.17) is 28.2 Å². The second kappa shape index (κ2) is 8.78. The topological polar surface area (TPSA) is 64.0 Å². The number of aromatic nitrogens is 2. The van der Waals surface area contributed by atoms with E-state index in [0.717, 1.165) is 25.7 Å². The maximum absolute atomic E-state index is 13.1. The van der Waals surface area contributed by atoms with Crippen LogP contribution < -0.4 is 10.9 Å². The summed E-state index contributed by atoms with van der Waals surface area (Å²) in [6.45, 7) is 0. The minimum Gasteiger partial charge on any atom is -0.324 e. The lowest BCUT2D eigenvalue weighted by atomic mass is 10.2. The Bertz CT molecular complexity index is 1130. The molecule has 0 spiro atoms. The maximum atomic E-state index is 13.1. The van der Waals surface area contributed by atoms with Crippen molar-refractivity contribution in [3.05, 3.63) is 62.9 Å². The van der Waals surface area contributed by atoms with Crippen LogP contribution in [-0.4, -0.2) is 21.2 Å². The third-order valence-electron chi connectivity index (χ3n) is 5.00. The number of hydrogen-bond acceptors (Lipinski definition) is 4. The van der Waals surface area contributed by atoms with Gasteiger partial charge in [-0.2, -0.15) is 0 Å². The Labute approximate surface area is 182 Å². The van der Waals surface area contributed by atoms with Gasteiger partial charge in [0.1, 0.15) is 0 Å². The second-order valence-corrected chi connectivity index (χ2v) is 8.77. The van der Waals surface area contributed by atoms with E-state index < -0.39 is 0 Å². The Hall–Kier alpha value is -2.02. The number of nitrogens with one attached hydrogen (secondary N) is 1. The van der Waals surface area contributed by atoms with Crippen molar-refractivity contribution in [3.8, 4) is 0 Å². The van der Waals surface area contributed by atoms with Crippen LogP contribution in [0.4, 0.5) is 5.69 Å². The Kier molecular flexibility index (Phi) is 6.13. The van der Waals surface area contributed by atoms with Crippen LogP contribution in [0.15, 0.2) is 52.4 Å². The highest BCUT2D eigenvalue weighted by molar-refractivity contribution is 7.99. The fourth-order valence-electron chi connectivity index (χ4n) is 3.62. The summed E-state index contributed by atoms with van der Waals surface area (Å²) in [7, 11) is 0. The van der Waals surface area contributed by atoms with Crippen LogP contribution in [0, 0.1) is 0 Å². The summed E-state index contributed by atoms with van der Waals surface area (Å²) in [5, 5.41) is 4.86. The molecule has 2 aromatic carbocycles. The highest BCUT2D eigenvalue weighted by Crippen LogP contribution is 2.32. The van der Waals surface area contributed by atoms with E-state index in [1.807, 2.05) is 18.2 Å². The molecule has 5 nitrogen and oxygen atoms in total. The van der Waals surface area contributed by atoms with Gasteiger partial charge in [-0.1, -0.05) is 59.9 Å². The van der Waals surface area contributed by atoms with Crippen LogP contribution >= 0.6 is 35.0 Å². The first-order chi connectivity index (χ1) is 14.0. The van der Waals surface area contributed by atoms with E-state index in [2.05, 4.69) is 5.32 Å². The lowest BCUT2D eigenvalue weighted by Gasteiger charge is -2.18. The first-order valence-electron chi connectivity index (χ1n) is 9.42. The van der Waals surface area contributed by atoms with Crippen LogP contribution in [0.2, 0.25) is 10.0 Å². The Morgan fingerprint density at radius 3 is 2.72 bits per heavy atom. The molecule has 0 unspecified atom stereocenters. The van der Waals surface area contributed by atoms with Crippen LogP contribution in [0.25, 0.3) is 10.9 Å². The lowest BCUT2D eigenvalue weighted by molar-refractivity contribution is -0.113. The van der Waals surface area contributed by atoms with Crippen LogP contribution in [0.5, 0.6) is 0 Å². The normalized spacial score (nSPS) is 14.4. The summed E-state index contributed by atoms with van der Waals surface area (Å²) in [5.41, 5.74) is 1.07. The van der Waals surface area contributed by atoms with Crippen LogP contribution in [-0.2, 0) is 4.79 Å². The molecule has 1 heterocycles. The molecule has 29 heavy (non-hydrogen) atoms. The fraction of sp³-hybridized carbons (Fsp3) is 0.286. The SMILES string of the molecule is O=C(CSc1nc2ccccc2c(=O)n1C1CCCC1)Nc1cc(Cl)ccc1Cl. The van der Waals surface area contributed by atoms with Gasteiger partial charge in [0, 0.05) is 11.1 Å². The van der Waals surface area contributed by atoms with Gasteiger partial charge in [0.25, 0.3) is 5.56 Å². The van der Waals surface area contributed by atoms with Crippen molar-refractivity contribution in [2.75, 3.05) is 11.1 Å². The average molecular weight is 448 g/mol. The molecule has 150 valence electrons. The van der Waals surface area contributed by atoms with Gasteiger partial charge in [0.15, 0.2) is 5.16 Å². The third-order valence-corrected chi connectivity index (χ3v) is 6.52. The third kappa shape index (κ3) is 4.44. The number of nitrogens with zero attached hydrogens (tertiary/aromatic N) is 2. The summed E-state index contributed by atoms with van der Waals surface area (Å²) >= 11 is 13.4. The number of carbonyl (C=O) groups is 1. The van der Waals surface area contributed by atoms with Crippen molar-refractivity contribution in [1.29, 1.82) is 0 Å². The van der Waals surface area contributed by atoms with Gasteiger partial charge >= 0.3 is 0 Å². The standard InChI is InChI=1S/C21H19Cl2N3O2S/c22-13-9-10-16(23)18(11-13)24-19(27)12-29-21-25-17-8-4-3-7-15(17)20(28)26(21)14-5-1-2-6-14/h3-4,7-11,14H,1-2,5-6,12H2,(H,24,27). The highest BCUT2D eigenvalue weighted by atomic mass is 35.5. The summed E-state index contributed by atoms with van der Waals surface area (Å²) < 4.78 is 1.78. The van der Waals surface area contributed by atoms with Crippen LogP contribution in [0.3, 0.4) is 0 Å². The van der Waals surface area contributed by atoms with E-state index in [-0.39, 0.29) is 23.3 Å². The molecule has 1 fully saturated rings. The van der Waals surface area contributed by atoms with E-state index in [9.17, 15) is 9.59 Å². The second-order valence-electron chi connectivity index (χ2n) is 6.99. The Morgan fingerprint density at radius 2 is 1.93 bits per heavy atom. The van der Waals surface area contributed by atoms with Gasteiger partial charge in [-0.25, -0.2) is 4.98 Å². The molecule has 1 saturated carbocycles. The molecular weight excluding hydrogens is 429 g/mol. The quantitative estimate of drug-likeness (QED) is 0.411. The number of anilines is 1. The molecule has 0 saturated heterocycles. The molecule has 3 aromatic rings. The molecule has 1 aromatic heterocycles. The van der Waals surface area contributed by atoms with Gasteiger partial charge in [-0.05, 0) is 43.2 Å². The van der Waals surface area contributed by atoms with Crippen LogP contribution in [0.1, 0.15) is 31.7 Å². The minimum atomic E-state index is -0.237. The monoisotopic (exact) mass is 447 g/mol. The average Bonchev–Trinajstić information content (AvgIpc) is 3.23. The predicted octanol–water partition coefficient (Wildman–Crippen LogP) is 5.55. The zero-order chi connectivity index (χ0) is 20.4. The summed E-state index contributed by atoms with van der Waals surface area (Å²) in [4.78, 5) is 30.3. The minimum absolute atomic E-state index is 0.0386. The zero-order valence-electron chi connectivity index (χ0n) is 15.5. The lowest BCUT2D eigenvalue weighted by Crippen LogP contribution is -2.27. The summed E-state index contributed by atoms with van der Waals surface area (Å²) in [6.07, 6.45) is 4.11. The fourth-order valence-corrected chi connectivity index (χ4v) is 4.82. The summed E-state index contributed by atoms with van der Waals surface area (Å²) in [6, 6.07) is 12.4. The smallest absolute Gasteiger partial charge is 0.262 e. The highest BCUT2D eigenvalue weighted by Gasteiger charge is 2.23. The molecule has 1 amide bonds. The first kappa shape index (κ1) is 20.3. The van der Waals surface area contributed by atoms with E-state index in [1.54, 1.807) is 28.8 Å². The predicted molar refractivity (Wildman–Crippen MR) is 119 cm³/mol. The molecule has 4 rings (SSSR count). The molecule has 0 atom stereocenters. The number of benzene rings is 2. The van der Waals surface area contributed by atoms with E-state index >= 15 is 0 Å². The molecule has 0 radical (unpaired) electrons. The number of para-hydroxylation sites is 1. The number of amides is 1. The van der Waals surface area contributed by atoms with Gasteiger partial charge in [0.2, 0.25) is 5.91 Å². The summed E-state index contributed by atoms with van der Waals surface area (Å²) in [5.74, 6) is -0.125. The molecule has 1 aliphatic rings. The van der Waals surface area contributed by atoms with E-state index in [0.29, 0.717) is 31.8 Å². The van der Waals surface area contributed by atoms with Crippen molar-refractivity contribution in [3.63, 3.8) is 0 Å². The number of halogens is 2. The van der Waals surface area contributed by atoms with Gasteiger partial charge in [0.05, 0.1) is 27.4 Å². The van der Waals surface area contributed by atoms with Crippen molar-refractivity contribution >= 4 is 57.5 Å².